The van der Waals surface area contributed by atoms with Crippen molar-refractivity contribution in [1.29, 1.82) is 5.26 Å². The molecule has 0 radical (unpaired) electrons. The van der Waals surface area contributed by atoms with Crippen molar-refractivity contribution in [2.24, 2.45) is 0 Å². The van der Waals surface area contributed by atoms with Crippen LogP contribution in [-0.2, 0) is 6.54 Å². The predicted molar refractivity (Wildman–Crippen MR) is 81.6 cm³/mol. The van der Waals surface area contributed by atoms with E-state index >= 15 is 0 Å². The summed E-state index contributed by atoms with van der Waals surface area (Å²) in [5, 5.41) is 11.6. The van der Waals surface area contributed by atoms with Crippen LogP contribution in [0.5, 0.6) is 0 Å². The maximum atomic E-state index is 9.37. The normalized spacial score (nSPS) is 16.4. The molecule has 1 aliphatic rings. The first-order valence-electron chi connectivity index (χ1n) is 7.59. The number of hydrogen-bond acceptors (Lipinski definition) is 2. The number of nitrogens with zero attached hydrogens (tertiary/aromatic N) is 3. The van der Waals surface area contributed by atoms with Crippen LogP contribution < -0.4 is 0 Å². The van der Waals surface area contributed by atoms with Crippen LogP contribution in [0, 0.1) is 11.3 Å². The standard InChI is InChI=1S/C17H21N3/c18-13-17-16-8-3-2-7-15(16)14-20(17)12-6-11-19-9-4-1-5-10-19/h2-3,7-8,14H,1,4-6,9-12H2. The van der Waals surface area contributed by atoms with Gasteiger partial charge in [-0.1, -0.05) is 30.7 Å². The lowest BCUT2D eigenvalue weighted by atomic mass is 10.1. The van der Waals surface area contributed by atoms with Crippen LogP contribution in [-0.4, -0.2) is 29.1 Å². The van der Waals surface area contributed by atoms with Crippen molar-refractivity contribution in [3.8, 4) is 6.07 Å². The molecule has 3 heteroatoms. The summed E-state index contributed by atoms with van der Waals surface area (Å²) in [6.45, 7) is 4.59. The lowest BCUT2D eigenvalue weighted by molar-refractivity contribution is 0.223. The van der Waals surface area contributed by atoms with E-state index in [4.69, 9.17) is 0 Å². The fraction of sp³-hybridized carbons (Fsp3) is 0.471. The van der Waals surface area contributed by atoms with Gasteiger partial charge in [-0.25, -0.2) is 0 Å². The van der Waals surface area contributed by atoms with Crippen LogP contribution in [0.1, 0.15) is 31.4 Å². The summed E-state index contributed by atoms with van der Waals surface area (Å²) in [5.74, 6) is 0. The van der Waals surface area contributed by atoms with E-state index in [0.717, 1.165) is 30.6 Å². The molecule has 0 saturated carbocycles. The van der Waals surface area contributed by atoms with Gasteiger partial charge in [0.05, 0.1) is 0 Å². The highest BCUT2D eigenvalue weighted by molar-refractivity contribution is 5.87. The molecule has 0 N–H and O–H groups in total. The molecule has 1 fully saturated rings. The lowest BCUT2D eigenvalue weighted by Crippen LogP contribution is -2.31. The molecule has 0 atom stereocenters. The number of aromatic nitrogens is 1. The highest BCUT2D eigenvalue weighted by Crippen LogP contribution is 2.20. The van der Waals surface area contributed by atoms with Crippen molar-refractivity contribution in [1.82, 2.24) is 9.47 Å². The van der Waals surface area contributed by atoms with Crippen LogP contribution in [0.2, 0.25) is 0 Å². The molecule has 0 aliphatic carbocycles. The number of hydrogen-bond donors (Lipinski definition) is 0. The Morgan fingerprint density at radius 1 is 1.05 bits per heavy atom. The van der Waals surface area contributed by atoms with Gasteiger partial charge in [0.1, 0.15) is 11.8 Å². The van der Waals surface area contributed by atoms with Crippen LogP contribution in [0.25, 0.3) is 10.8 Å². The van der Waals surface area contributed by atoms with E-state index in [1.54, 1.807) is 0 Å². The highest BCUT2D eigenvalue weighted by atomic mass is 15.1. The maximum Gasteiger partial charge on any atom is 0.128 e. The number of fused-ring (bicyclic) bond motifs is 1. The van der Waals surface area contributed by atoms with Gasteiger partial charge in [0.15, 0.2) is 0 Å². The molecule has 2 aromatic rings. The van der Waals surface area contributed by atoms with Crippen molar-refractivity contribution in [3.63, 3.8) is 0 Å². The lowest BCUT2D eigenvalue weighted by Gasteiger charge is -2.26. The monoisotopic (exact) mass is 267 g/mol. The number of rotatable bonds is 4. The van der Waals surface area contributed by atoms with E-state index in [0.29, 0.717) is 0 Å². The summed E-state index contributed by atoms with van der Waals surface area (Å²) in [7, 11) is 0. The second-order valence-corrected chi connectivity index (χ2v) is 5.63. The summed E-state index contributed by atoms with van der Waals surface area (Å²) in [6, 6.07) is 10.5. The van der Waals surface area contributed by atoms with E-state index in [9.17, 15) is 5.26 Å². The second-order valence-electron chi connectivity index (χ2n) is 5.63. The first-order chi connectivity index (χ1) is 9.88. The van der Waals surface area contributed by atoms with Crippen LogP contribution in [0.3, 0.4) is 0 Å². The minimum Gasteiger partial charge on any atom is -0.338 e. The Balaban J connectivity index is 1.66. The van der Waals surface area contributed by atoms with Crippen LogP contribution in [0.4, 0.5) is 0 Å². The molecule has 0 amide bonds. The largest absolute Gasteiger partial charge is 0.338 e. The topological polar surface area (TPSA) is 32.0 Å². The molecule has 1 saturated heterocycles. The molecular formula is C17H21N3. The average molecular weight is 267 g/mol. The van der Waals surface area contributed by atoms with Gasteiger partial charge in [-0.05, 0) is 38.9 Å². The number of piperidine rings is 1. The van der Waals surface area contributed by atoms with Crippen molar-refractivity contribution < 1.29 is 0 Å². The minimum atomic E-state index is 0.805. The van der Waals surface area contributed by atoms with Gasteiger partial charge in [0, 0.05) is 23.5 Å². The van der Waals surface area contributed by atoms with E-state index in [-0.39, 0.29) is 0 Å². The Bertz CT molecular complexity index is 615. The Morgan fingerprint density at radius 3 is 2.65 bits per heavy atom. The van der Waals surface area contributed by atoms with E-state index in [2.05, 4.69) is 27.8 Å². The van der Waals surface area contributed by atoms with E-state index in [1.807, 2.05) is 18.2 Å². The molecule has 20 heavy (non-hydrogen) atoms. The molecule has 2 heterocycles. The Kier molecular flexibility index (Phi) is 4.03. The van der Waals surface area contributed by atoms with Crippen LogP contribution >= 0.6 is 0 Å². The van der Waals surface area contributed by atoms with Gasteiger partial charge in [0.2, 0.25) is 0 Å². The molecule has 0 bridgehead atoms. The average Bonchev–Trinajstić information content (AvgIpc) is 2.86. The first-order valence-corrected chi connectivity index (χ1v) is 7.59. The number of likely N-dealkylation sites (tertiary alicyclic amines) is 1. The predicted octanol–water partition coefficient (Wildman–Crippen LogP) is 3.39. The molecule has 104 valence electrons. The zero-order valence-electron chi connectivity index (χ0n) is 11.9. The third kappa shape index (κ3) is 2.71. The summed E-state index contributed by atoms with van der Waals surface area (Å²) in [6.07, 6.45) is 7.31. The smallest absolute Gasteiger partial charge is 0.128 e. The van der Waals surface area contributed by atoms with Gasteiger partial charge >= 0.3 is 0 Å². The van der Waals surface area contributed by atoms with Gasteiger partial charge in [-0.3, -0.25) is 0 Å². The third-order valence-corrected chi connectivity index (χ3v) is 4.23. The van der Waals surface area contributed by atoms with Crippen molar-refractivity contribution in [2.75, 3.05) is 19.6 Å². The summed E-state index contributed by atoms with van der Waals surface area (Å²) >= 11 is 0. The van der Waals surface area contributed by atoms with Gasteiger partial charge in [-0.2, -0.15) is 5.26 Å². The van der Waals surface area contributed by atoms with Gasteiger partial charge in [-0.15, -0.1) is 0 Å². The summed E-state index contributed by atoms with van der Waals surface area (Å²) in [5.41, 5.74) is 0.805. The molecule has 3 nitrogen and oxygen atoms in total. The zero-order valence-corrected chi connectivity index (χ0v) is 11.9. The summed E-state index contributed by atoms with van der Waals surface area (Å²) < 4.78 is 2.12. The van der Waals surface area contributed by atoms with Crippen LogP contribution in [0.15, 0.2) is 30.5 Å². The van der Waals surface area contributed by atoms with Gasteiger partial charge < -0.3 is 9.47 Å². The second kappa shape index (κ2) is 6.11. The molecule has 0 spiro atoms. The first kappa shape index (κ1) is 13.2. The van der Waals surface area contributed by atoms with E-state index in [1.165, 1.54) is 37.7 Å². The highest BCUT2D eigenvalue weighted by Gasteiger charge is 2.11. The Morgan fingerprint density at radius 2 is 1.85 bits per heavy atom. The quantitative estimate of drug-likeness (QED) is 0.850. The maximum absolute atomic E-state index is 9.37. The fourth-order valence-electron chi connectivity index (χ4n) is 3.16. The Hall–Kier alpha value is -1.79. The van der Waals surface area contributed by atoms with Gasteiger partial charge in [0.25, 0.3) is 0 Å². The molecule has 3 rings (SSSR count). The van der Waals surface area contributed by atoms with Crippen molar-refractivity contribution in [2.45, 2.75) is 32.2 Å². The zero-order chi connectivity index (χ0) is 13.8. The minimum absolute atomic E-state index is 0.805. The number of nitriles is 1. The SMILES string of the molecule is N#Cc1c2ccccc2cn1CCCN1CCCCC1. The molecule has 0 unspecified atom stereocenters. The Labute approximate surface area is 120 Å². The molecule has 1 aromatic heterocycles. The van der Waals surface area contributed by atoms with E-state index < -0.39 is 0 Å². The number of aryl methyl sites for hydroxylation is 1. The molecule has 1 aromatic carbocycles. The third-order valence-electron chi connectivity index (χ3n) is 4.23. The summed E-state index contributed by atoms with van der Waals surface area (Å²) in [4.78, 5) is 2.55. The molecular weight excluding hydrogens is 246 g/mol. The van der Waals surface area contributed by atoms with Crippen molar-refractivity contribution >= 4 is 10.8 Å². The van der Waals surface area contributed by atoms with Crippen molar-refractivity contribution in [3.05, 3.63) is 36.2 Å². The number of benzene rings is 1. The molecule has 1 aliphatic heterocycles. The fourth-order valence-corrected chi connectivity index (χ4v) is 3.16.